The Morgan fingerprint density at radius 2 is 1.30 bits per heavy atom. The van der Waals surface area contributed by atoms with Crippen molar-refractivity contribution in [2.24, 2.45) is 59.2 Å². The van der Waals surface area contributed by atoms with Crippen molar-refractivity contribution in [3.63, 3.8) is 0 Å². The van der Waals surface area contributed by atoms with Crippen molar-refractivity contribution < 1.29 is 0 Å². The second kappa shape index (κ2) is 14.2. The fourth-order valence-electron chi connectivity index (χ4n) is 6.84. The van der Waals surface area contributed by atoms with Gasteiger partial charge in [-0.1, -0.05) is 101 Å². The van der Waals surface area contributed by atoms with Crippen LogP contribution in [0, 0.1) is 59.2 Å². The maximum atomic E-state index is 2.47. The first-order chi connectivity index (χ1) is 14.2. The van der Waals surface area contributed by atoms with Crippen molar-refractivity contribution in [2.45, 2.75) is 133 Å². The third-order valence-corrected chi connectivity index (χ3v) is 9.26. The lowest BCUT2D eigenvalue weighted by molar-refractivity contribution is 0.0486. The van der Waals surface area contributed by atoms with Gasteiger partial charge in [0.2, 0.25) is 0 Å². The van der Waals surface area contributed by atoms with Crippen LogP contribution in [-0.4, -0.2) is 0 Å². The van der Waals surface area contributed by atoms with E-state index in [4.69, 9.17) is 0 Å². The second-order valence-electron chi connectivity index (χ2n) is 12.4. The number of rotatable bonds is 10. The lowest BCUT2D eigenvalue weighted by Crippen LogP contribution is -2.37. The van der Waals surface area contributed by atoms with E-state index in [1.54, 1.807) is 0 Å². The zero-order chi connectivity index (χ0) is 22.8. The van der Waals surface area contributed by atoms with Crippen molar-refractivity contribution in [2.75, 3.05) is 0 Å². The van der Waals surface area contributed by atoms with E-state index < -0.39 is 0 Å². The lowest BCUT2D eigenvalue weighted by atomic mass is 9.61. The Morgan fingerprint density at radius 1 is 0.667 bits per heavy atom. The number of unbranched alkanes of at least 4 members (excludes halogenated alkanes) is 1. The van der Waals surface area contributed by atoms with Crippen molar-refractivity contribution in [3.05, 3.63) is 0 Å². The molecule has 0 nitrogen and oxygen atoms in total. The summed E-state index contributed by atoms with van der Waals surface area (Å²) in [5.41, 5.74) is 0. The topological polar surface area (TPSA) is 0 Å². The van der Waals surface area contributed by atoms with E-state index in [-0.39, 0.29) is 0 Å². The maximum absolute atomic E-state index is 2.47. The molecule has 0 aromatic heterocycles. The Bertz CT molecular complexity index is 420. The highest BCUT2D eigenvalue weighted by molar-refractivity contribution is 4.96. The van der Waals surface area contributed by atoms with Gasteiger partial charge in [-0.2, -0.15) is 0 Å². The molecule has 0 radical (unpaired) electrons. The highest BCUT2D eigenvalue weighted by Gasteiger charge is 2.46. The van der Waals surface area contributed by atoms with Crippen molar-refractivity contribution in [1.82, 2.24) is 0 Å². The van der Waals surface area contributed by atoms with Gasteiger partial charge in [-0.25, -0.2) is 0 Å². The zero-order valence-corrected chi connectivity index (χ0v) is 22.8. The fourth-order valence-corrected chi connectivity index (χ4v) is 6.84. The summed E-state index contributed by atoms with van der Waals surface area (Å²) in [4.78, 5) is 0. The average molecular weight is 421 g/mol. The quantitative estimate of drug-likeness (QED) is 0.329. The van der Waals surface area contributed by atoms with Crippen LogP contribution in [0.25, 0.3) is 0 Å². The smallest absolute Gasteiger partial charge is 0.0349 e. The van der Waals surface area contributed by atoms with Crippen LogP contribution in [0.4, 0.5) is 0 Å². The largest absolute Gasteiger partial charge is 0.0654 e. The van der Waals surface area contributed by atoms with Gasteiger partial charge < -0.3 is 0 Å². The molecule has 0 saturated heterocycles. The van der Waals surface area contributed by atoms with Crippen LogP contribution in [0.5, 0.6) is 0 Å². The maximum Gasteiger partial charge on any atom is -0.0349 e. The molecule has 0 heteroatoms. The summed E-state index contributed by atoms with van der Waals surface area (Å²) in [5.74, 6) is 9.78. The molecule has 0 amide bonds. The minimum atomic E-state index is 0.889. The van der Waals surface area contributed by atoms with E-state index in [1.807, 2.05) is 0 Å². The molecule has 0 spiro atoms. The summed E-state index contributed by atoms with van der Waals surface area (Å²) in [5, 5.41) is 0. The summed E-state index contributed by atoms with van der Waals surface area (Å²) in [6.45, 7) is 24.0. The highest BCUT2D eigenvalue weighted by atomic mass is 14.5. The Hall–Kier alpha value is 0. The van der Waals surface area contributed by atoms with Crippen LogP contribution < -0.4 is 0 Å². The number of hydrogen-bond donors (Lipinski definition) is 0. The summed E-state index contributed by atoms with van der Waals surface area (Å²) >= 11 is 0. The van der Waals surface area contributed by atoms with E-state index in [0.29, 0.717) is 0 Å². The van der Waals surface area contributed by atoms with Crippen LogP contribution in [0.15, 0.2) is 0 Å². The molecular formula is C30H60. The molecule has 2 fully saturated rings. The van der Waals surface area contributed by atoms with Crippen LogP contribution in [0.2, 0.25) is 0 Å². The van der Waals surface area contributed by atoms with Gasteiger partial charge in [-0.3, -0.25) is 0 Å². The first kappa shape index (κ1) is 28.0. The van der Waals surface area contributed by atoms with Crippen LogP contribution in [-0.2, 0) is 0 Å². The number of hydrogen-bond acceptors (Lipinski definition) is 0. The molecule has 7 unspecified atom stereocenters. The van der Waals surface area contributed by atoms with Crippen molar-refractivity contribution >= 4 is 0 Å². The molecule has 0 aromatic rings. The molecule has 0 aromatic carbocycles. The SMILES string of the molecule is CC(C)C1CC(C(C)C)C2CCC(C(C)C)C2C1.CCCCC(CC)CC(C)CC. The predicted octanol–water partition coefficient (Wildman–Crippen LogP) is 10.3. The molecular weight excluding hydrogens is 360 g/mol. The first-order valence-corrected chi connectivity index (χ1v) is 14.2. The Balaban J connectivity index is 0.000000329. The monoisotopic (exact) mass is 420 g/mol. The number of fused-ring (bicyclic) bond motifs is 1. The van der Waals surface area contributed by atoms with E-state index in [9.17, 15) is 0 Å². The molecule has 0 N–H and O–H groups in total. The summed E-state index contributed by atoms with van der Waals surface area (Å²) in [6, 6.07) is 0. The molecule has 30 heavy (non-hydrogen) atoms. The highest BCUT2D eigenvalue weighted by Crippen LogP contribution is 2.55. The summed E-state index contributed by atoms with van der Waals surface area (Å²) in [6.07, 6.45) is 14.5. The summed E-state index contributed by atoms with van der Waals surface area (Å²) in [7, 11) is 0. The van der Waals surface area contributed by atoms with Gasteiger partial charge in [0.05, 0.1) is 0 Å². The van der Waals surface area contributed by atoms with Crippen molar-refractivity contribution in [3.8, 4) is 0 Å². The minimum absolute atomic E-state index is 0.889. The van der Waals surface area contributed by atoms with Crippen LogP contribution in [0.3, 0.4) is 0 Å². The van der Waals surface area contributed by atoms with Gasteiger partial charge in [-0.15, -0.1) is 0 Å². The molecule has 2 saturated carbocycles. The Labute approximate surface area is 192 Å². The summed E-state index contributed by atoms with van der Waals surface area (Å²) < 4.78 is 0. The van der Waals surface area contributed by atoms with Gasteiger partial charge in [-0.05, 0) is 91.3 Å². The minimum Gasteiger partial charge on any atom is -0.0654 e. The molecule has 7 atom stereocenters. The van der Waals surface area contributed by atoms with E-state index >= 15 is 0 Å². The molecule has 180 valence electrons. The van der Waals surface area contributed by atoms with Gasteiger partial charge in [0.1, 0.15) is 0 Å². The van der Waals surface area contributed by atoms with Crippen LogP contribution >= 0.6 is 0 Å². The molecule has 0 heterocycles. The Morgan fingerprint density at radius 3 is 1.77 bits per heavy atom. The van der Waals surface area contributed by atoms with Gasteiger partial charge >= 0.3 is 0 Å². The van der Waals surface area contributed by atoms with Gasteiger partial charge in [0, 0.05) is 0 Å². The standard InChI is InChI=1S/C18H34.C12H26/c1-11(2)14-9-17(13(5)6)16-8-7-15(12(3)4)18(16)10-14;1-5-8-9-12(7-3)10-11(4)6-2/h11-18H,7-10H2,1-6H3;11-12H,5-10H2,1-4H3. The molecule has 2 aliphatic carbocycles. The lowest BCUT2D eigenvalue weighted by Gasteiger charge is -2.44. The molecule has 0 aliphatic heterocycles. The second-order valence-corrected chi connectivity index (χ2v) is 12.4. The van der Waals surface area contributed by atoms with E-state index in [2.05, 4.69) is 69.2 Å². The first-order valence-electron chi connectivity index (χ1n) is 14.2. The van der Waals surface area contributed by atoms with Gasteiger partial charge in [0.25, 0.3) is 0 Å². The van der Waals surface area contributed by atoms with Gasteiger partial charge in [0.15, 0.2) is 0 Å². The average Bonchev–Trinajstić information content (AvgIpc) is 3.14. The van der Waals surface area contributed by atoms with E-state index in [1.165, 1.54) is 64.2 Å². The predicted molar refractivity (Wildman–Crippen MR) is 138 cm³/mol. The third kappa shape index (κ3) is 8.50. The Kier molecular flexibility index (Phi) is 13.3. The van der Waals surface area contributed by atoms with Crippen molar-refractivity contribution in [1.29, 1.82) is 0 Å². The van der Waals surface area contributed by atoms with Crippen LogP contribution in [0.1, 0.15) is 133 Å². The third-order valence-electron chi connectivity index (χ3n) is 9.26. The fraction of sp³-hybridized carbons (Fsp3) is 1.00. The normalized spacial score (nSPS) is 30.9. The molecule has 2 rings (SSSR count). The molecule has 0 bridgehead atoms. The van der Waals surface area contributed by atoms with E-state index in [0.717, 1.165) is 59.2 Å². The molecule has 2 aliphatic rings. The zero-order valence-electron chi connectivity index (χ0n) is 22.8.